The van der Waals surface area contributed by atoms with Crippen LogP contribution >= 0.6 is 24.8 Å². The molecule has 0 unspecified atom stereocenters. The number of hydrogen-bond acceptors (Lipinski definition) is 4. The molecule has 1 aromatic carbocycles. The molecule has 2 rings (SSSR count). The summed E-state index contributed by atoms with van der Waals surface area (Å²) in [5.74, 6) is 0.871. The van der Waals surface area contributed by atoms with Crippen molar-refractivity contribution in [1.29, 1.82) is 0 Å². The van der Waals surface area contributed by atoms with Crippen LogP contribution in [0.4, 0.5) is 0 Å². The normalized spacial score (nSPS) is 9.86. The van der Waals surface area contributed by atoms with Gasteiger partial charge in [0, 0.05) is 26.6 Å². The van der Waals surface area contributed by atoms with Crippen molar-refractivity contribution in [3.63, 3.8) is 0 Å². The first-order chi connectivity index (χ1) is 9.79. The number of H-pyrrole nitrogens is 1. The quantitative estimate of drug-likeness (QED) is 0.628. The van der Waals surface area contributed by atoms with Crippen molar-refractivity contribution in [2.24, 2.45) is 0 Å². The van der Waals surface area contributed by atoms with Crippen LogP contribution in [0.25, 0.3) is 11.0 Å². The molecule has 6 nitrogen and oxygen atoms in total. The molecule has 1 amide bonds. The van der Waals surface area contributed by atoms with Crippen molar-refractivity contribution in [3.8, 4) is 0 Å². The van der Waals surface area contributed by atoms with Crippen LogP contribution in [0.5, 0.6) is 0 Å². The van der Waals surface area contributed by atoms with E-state index >= 15 is 0 Å². The average molecular weight is 349 g/mol. The summed E-state index contributed by atoms with van der Waals surface area (Å²) < 4.78 is 4.88. The highest BCUT2D eigenvalue weighted by molar-refractivity contribution is 5.85. The number of amides is 1. The number of nitrogens with one attached hydrogen (secondary N) is 3. The Morgan fingerprint density at radius 3 is 2.77 bits per heavy atom. The second kappa shape index (κ2) is 11.3. The largest absolute Gasteiger partial charge is 0.383 e. The van der Waals surface area contributed by atoms with Gasteiger partial charge in [-0.25, -0.2) is 4.98 Å². The highest BCUT2D eigenvalue weighted by atomic mass is 35.5. The average Bonchev–Trinajstić information content (AvgIpc) is 2.86. The van der Waals surface area contributed by atoms with Gasteiger partial charge in [-0.3, -0.25) is 4.79 Å². The number of nitrogens with zero attached hydrogens (tertiary/aromatic N) is 1. The third-order valence-electron chi connectivity index (χ3n) is 2.89. The summed E-state index contributed by atoms with van der Waals surface area (Å²) in [4.78, 5) is 19.2. The molecule has 1 aromatic heterocycles. The number of methoxy groups -OCH3 is 1. The van der Waals surface area contributed by atoms with Crippen molar-refractivity contribution in [2.75, 3.05) is 33.4 Å². The molecule has 0 atom stereocenters. The molecule has 124 valence electrons. The SMILES string of the molecule is COCCNCC(=O)NCCc1nc2ccccc2[nH]1.Cl.Cl. The Labute approximate surface area is 142 Å². The highest BCUT2D eigenvalue weighted by Crippen LogP contribution is 2.10. The minimum atomic E-state index is -0.0165. The molecule has 1 heterocycles. The van der Waals surface area contributed by atoms with E-state index < -0.39 is 0 Å². The summed E-state index contributed by atoms with van der Waals surface area (Å²) in [6.45, 7) is 2.16. The number of halogens is 2. The zero-order chi connectivity index (χ0) is 14.2. The molecule has 3 N–H and O–H groups in total. The number of ether oxygens (including phenoxy) is 1. The van der Waals surface area contributed by atoms with Crippen molar-refractivity contribution in [1.82, 2.24) is 20.6 Å². The Hall–Kier alpha value is -1.34. The zero-order valence-corrected chi connectivity index (χ0v) is 14.1. The van der Waals surface area contributed by atoms with Gasteiger partial charge in [0.2, 0.25) is 5.91 Å². The van der Waals surface area contributed by atoms with Gasteiger partial charge in [0.05, 0.1) is 24.2 Å². The van der Waals surface area contributed by atoms with E-state index in [2.05, 4.69) is 20.6 Å². The molecule has 0 radical (unpaired) electrons. The standard InChI is InChI=1S/C14H20N4O2.2ClH/c1-20-9-8-15-10-14(19)16-7-6-13-17-11-4-2-3-5-12(11)18-13;;/h2-5,15H,6-10H2,1H3,(H,16,19)(H,17,18);2*1H. The first kappa shape index (κ1) is 20.7. The highest BCUT2D eigenvalue weighted by Gasteiger charge is 2.03. The predicted molar refractivity (Wildman–Crippen MR) is 92.0 cm³/mol. The molecule has 0 saturated heterocycles. The van der Waals surface area contributed by atoms with Gasteiger partial charge in [-0.1, -0.05) is 12.1 Å². The number of para-hydroxylation sites is 2. The van der Waals surface area contributed by atoms with Crippen LogP contribution < -0.4 is 10.6 Å². The Kier molecular flexibility index (Phi) is 10.6. The summed E-state index contributed by atoms with van der Waals surface area (Å²) in [5, 5.41) is 5.85. The third kappa shape index (κ3) is 6.62. The molecule has 0 fully saturated rings. The lowest BCUT2D eigenvalue weighted by molar-refractivity contribution is -0.120. The van der Waals surface area contributed by atoms with Gasteiger partial charge < -0.3 is 20.4 Å². The molecule has 2 aromatic rings. The lowest BCUT2D eigenvalue weighted by Crippen LogP contribution is -2.36. The van der Waals surface area contributed by atoms with Crippen molar-refractivity contribution in [2.45, 2.75) is 6.42 Å². The molecule has 0 aliphatic carbocycles. The van der Waals surface area contributed by atoms with Crippen LogP contribution in [-0.2, 0) is 16.0 Å². The van der Waals surface area contributed by atoms with Crippen molar-refractivity contribution >= 4 is 41.8 Å². The Bertz CT molecular complexity index is 530. The Morgan fingerprint density at radius 1 is 1.27 bits per heavy atom. The zero-order valence-electron chi connectivity index (χ0n) is 12.4. The van der Waals surface area contributed by atoms with Gasteiger partial charge in [0.25, 0.3) is 0 Å². The van der Waals surface area contributed by atoms with E-state index in [4.69, 9.17) is 4.74 Å². The van der Waals surface area contributed by atoms with Gasteiger partial charge in [-0.05, 0) is 12.1 Å². The molecule has 0 aliphatic rings. The second-order valence-corrected chi connectivity index (χ2v) is 4.47. The van der Waals surface area contributed by atoms with Crippen LogP contribution in [0.2, 0.25) is 0 Å². The summed E-state index contributed by atoms with van der Waals surface area (Å²) in [6, 6.07) is 7.88. The minimum absolute atomic E-state index is 0. The van der Waals surface area contributed by atoms with Crippen LogP contribution in [0.1, 0.15) is 5.82 Å². The lowest BCUT2D eigenvalue weighted by Gasteiger charge is -2.05. The van der Waals surface area contributed by atoms with Gasteiger partial charge in [0.1, 0.15) is 5.82 Å². The molecular formula is C14H22Cl2N4O2. The summed E-state index contributed by atoms with van der Waals surface area (Å²) in [6.07, 6.45) is 0.693. The second-order valence-electron chi connectivity index (χ2n) is 4.47. The lowest BCUT2D eigenvalue weighted by atomic mass is 10.3. The van der Waals surface area contributed by atoms with Gasteiger partial charge in [-0.2, -0.15) is 0 Å². The number of carbonyl (C=O) groups excluding carboxylic acids is 1. The van der Waals surface area contributed by atoms with Crippen LogP contribution in [0.3, 0.4) is 0 Å². The summed E-state index contributed by atoms with van der Waals surface area (Å²) in [7, 11) is 1.63. The van der Waals surface area contributed by atoms with Gasteiger partial charge in [0.15, 0.2) is 0 Å². The fourth-order valence-corrected chi connectivity index (χ4v) is 1.88. The number of fused-ring (bicyclic) bond motifs is 1. The van der Waals surface area contributed by atoms with E-state index in [1.54, 1.807) is 7.11 Å². The molecule has 0 spiro atoms. The fraction of sp³-hybridized carbons (Fsp3) is 0.429. The van der Waals surface area contributed by atoms with Crippen LogP contribution in [0.15, 0.2) is 24.3 Å². The molecule has 0 bridgehead atoms. The maximum atomic E-state index is 11.5. The topological polar surface area (TPSA) is 79.0 Å². The van der Waals surface area contributed by atoms with E-state index in [9.17, 15) is 4.79 Å². The van der Waals surface area contributed by atoms with Gasteiger partial charge >= 0.3 is 0 Å². The number of hydrogen-bond donors (Lipinski definition) is 3. The van der Waals surface area contributed by atoms with Crippen LogP contribution in [0, 0.1) is 0 Å². The summed E-state index contributed by atoms with van der Waals surface area (Å²) >= 11 is 0. The first-order valence-corrected chi connectivity index (χ1v) is 6.69. The molecule has 0 saturated carbocycles. The van der Waals surface area contributed by atoms with E-state index in [0.29, 0.717) is 32.7 Å². The van der Waals surface area contributed by atoms with Crippen LogP contribution in [-0.4, -0.2) is 49.2 Å². The number of aromatic amines is 1. The first-order valence-electron chi connectivity index (χ1n) is 6.69. The number of rotatable bonds is 8. The van der Waals surface area contributed by atoms with Gasteiger partial charge in [-0.15, -0.1) is 24.8 Å². The molecule has 8 heteroatoms. The Balaban J connectivity index is 0.00000220. The van der Waals surface area contributed by atoms with E-state index in [1.165, 1.54) is 0 Å². The maximum Gasteiger partial charge on any atom is 0.233 e. The monoisotopic (exact) mass is 348 g/mol. The van der Waals surface area contributed by atoms with E-state index in [-0.39, 0.29) is 30.7 Å². The summed E-state index contributed by atoms with van der Waals surface area (Å²) in [5.41, 5.74) is 1.98. The minimum Gasteiger partial charge on any atom is -0.383 e. The molecule has 0 aliphatic heterocycles. The van der Waals surface area contributed by atoms with E-state index in [1.807, 2.05) is 24.3 Å². The Morgan fingerprint density at radius 2 is 2.05 bits per heavy atom. The van der Waals surface area contributed by atoms with Crippen molar-refractivity contribution < 1.29 is 9.53 Å². The van der Waals surface area contributed by atoms with E-state index in [0.717, 1.165) is 16.9 Å². The number of imidazole rings is 1. The maximum absolute atomic E-state index is 11.5. The molecular weight excluding hydrogens is 327 g/mol. The third-order valence-corrected chi connectivity index (χ3v) is 2.89. The predicted octanol–water partition coefficient (Wildman–Crippen LogP) is 1.30. The molecule has 22 heavy (non-hydrogen) atoms. The fourth-order valence-electron chi connectivity index (χ4n) is 1.88. The number of benzene rings is 1. The number of carbonyl (C=O) groups is 1. The smallest absolute Gasteiger partial charge is 0.233 e. The van der Waals surface area contributed by atoms with Crippen molar-refractivity contribution in [3.05, 3.63) is 30.1 Å². The number of aromatic nitrogens is 2.